The van der Waals surface area contributed by atoms with E-state index in [4.69, 9.17) is 5.84 Å². The number of fused-ring (bicyclic) bond motifs is 1. The van der Waals surface area contributed by atoms with E-state index in [0.29, 0.717) is 5.92 Å². The van der Waals surface area contributed by atoms with E-state index in [9.17, 15) is 0 Å². The Morgan fingerprint density at radius 2 is 2.22 bits per heavy atom. The lowest BCUT2D eigenvalue weighted by Crippen LogP contribution is -2.33. The number of hydrogen-bond acceptors (Lipinski definition) is 4. The number of hydrogen-bond donors (Lipinski definition) is 2. The zero-order valence-electron chi connectivity index (χ0n) is 10.2. The highest BCUT2D eigenvalue weighted by Crippen LogP contribution is 2.35. The molecule has 2 unspecified atom stereocenters. The molecule has 94 valence electrons. The predicted octanol–water partition coefficient (Wildman–Crippen LogP) is 2.49. The number of aromatic nitrogens is 1. The van der Waals surface area contributed by atoms with Gasteiger partial charge in [0, 0.05) is 11.6 Å². The van der Waals surface area contributed by atoms with Crippen LogP contribution in [0.25, 0.3) is 10.9 Å². The third kappa shape index (κ3) is 2.11. The summed E-state index contributed by atoms with van der Waals surface area (Å²) in [6.07, 6.45) is 3.07. The molecule has 0 aliphatic carbocycles. The summed E-state index contributed by atoms with van der Waals surface area (Å²) < 4.78 is 0. The Labute approximate surface area is 111 Å². The molecule has 3 N–H and O–H groups in total. The maximum Gasteiger partial charge on any atom is 0.0750 e. The smallest absolute Gasteiger partial charge is 0.0750 e. The lowest BCUT2D eigenvalue weighted by molar-refractivity contribution is 0.402. The van der Waals surface area contributed by atoms with E-state index in [1.54, 1.807) is 0 Å². The van der Waals surface area contributed by atoms with Crippen LogP contribution in [0.15, 0.2) is 36.5 Å². The number of thioether (sulfide) groups is 1. The minimum absolute atomic E-state index is 0.207. The lowest BCUT2D eigenvalue weighted by atomic mass is 9.91. The van der Waals surface area contributed by atoms with Gasteiger partial charge in [-0.1, -0.05) is 24.3 Å². The van der Waals surface area contributed by atoms with Gasteiger partial charge in [0.05, 0.1) is 11.6 Å². The Kier molecular flexibility index (Phi) is 3.50. The molecule has 1 aromatic carbocycles. The van der Waals surface area contributed by atoms with Crippen molar-refractivity contribution in [2.24, 2.45) is 11.8 Å². The fourth-order valence-electron chi connectivity index (χ4n) is 2.67. The van der Waals surface area contributed by atoms with Crippen LogP contribution in [0.1, 0.15) is 18.0 Å². The van der Waals surface area contributed by atoms with Crippen molar-refractivity contribution in [2.45, 2.75) is 12.5 Å². The van der Waals surface area contributed by atoms with Crippen LogP contribution < -0.4 is 11.3 Å². The summed E-state index contributed by atoms with van der Waals surface area (Å²) in [5.41, 5.74) is 5.29. The number of nitrogens with two attached hydrogens (primary N) is 1. The molecule has 0 radical (unpaired) electrons. The third-order valence-electron chi connectivity index (χ3n) is 3.61. The molecule has 2 aromatic rings. The molecular formula is C14H17N3S. The van der Waals surface area contributed by atoms with Crippen molar-refractivity contribution in [3.8, 4) is 0 Å². The molecule has 1 fully saturated rings. The van der Waals surface area contributed by atoms with E-state index in [0.717, 1.165) is 5.52 Å². The van der Waals surface area contributed by atoms with Gasteiger partial charge in [0.1, 0.15) is 0 Å². The fraction of sp³-hybridized carbons (Fsp3) is 0.357. The highest BCUT2D eigenvalue weighted by molar-refractivity contribution is 7.99. The molecule has 0 bridgehead atoms. The van der Waals surface area contributed by atoms with Crippen LogP contribution in [0.5, 0.6) is 0 Å². The average molecular weight is 259 g/mol. The first-order valence-corrected chi connectivity index (χ1v) is 7.43. The SMILES string of the molecule is NNC(c1cccc2cccnc12)C1CCSC1. The summed E-state index contributed by atoms with van der Waals surface area (Å²) in [5, 5.41) is 1.18. The zero-order chi connectivity index (χ0) is 12.4. The van der Waals surface area contributed by atoms with Crippen LogP contribution >= 0.6 is 11.8 Å². The van der Waals surface area contributed by atoms with Gasteiger partial charge in [-0.15, -0.1) is 0 Å². The number of hydrazine groups is 1. The summed E-state index contributed by atoms with van der Waals surface area (Å²) in [6.45, 7) is 0. The Balaban J connectivity index is 2.06. The van der Waals surface area contributed by atoms with Crippen LogP contribution in [-0.4, -0.2) is 16.5 Å². The molecule has 3 nitrogen and oxygen atoms in total. The third-order valence-corrected chi connectivity index (χ3v) is 4.80. The molecule has 1 aliphatic heterocycles. The van der Waals surface area contributed by atoms with Crippen molar-refractivity contribution < 1.29 is 0 Å². The minimum atomic E-state index is 0.207. The van der Waals surface area contributed by atoms with Gasteiger partial charge in [0.25, 0.3) is 0 Å². The van der Waals surface area contributed by atoms with Crippen molar-refractivity contribution in [3.63, 3.8) is 0 Å². The van der Waals surface area contributed by atoms with Crippen LogP contribution in [0.4, 0.5) is 0 Å². The van der Waals surface area contributed by atoms with Gasteiger partial charge in [-0.25, -0.2) is 0 Å². The van der Waals surface area contributed by atoms with Gasteiger partial charge in [-0.3, -0.25) is 16.3 Å². The van der Waals surface area contributed by atoms with Crippen molar-refractivity contribution in [2.75, 3.05) is 11.5 Å². The fourth-order valence-corrected chi connectivity index (χ4v) is 3.97. The van der Waals surface area contributed by atoms with Gasteiger partial charge < -0.3 is 0 Å². The van der Waals surface area contributed by atoms with Crippen LogP contribution in [0, 0.1) is 5.92 Å². The van der Waals surface area contributed by atoms with E-state index in [-0.39, 0.29) is 6.04 Å². The van der Waals surface area contributed by atoms with Crippen molar-refractivity contribution in [1.29, 1.82) is 0 Å². The Morgan fingerprint density at radius 1 is 1.33 bits per heavy atom. The summed E-state index contributed by atoms with van der Waals surface area (Å²) in [7, 11) is 0. The Bertz CT molecular complexity index is 532. The van der Waals surface area contributed by atoms with E-state index >= 15 is 0 Å². The molecule has 0 saturated carbocycles. The molecule has 1 saturated heterocycles. The second-order valence-corrected chi connectivity index (χ2v) is 5.84. The topological polar surface area (TPSA) is 50.9 Å². The molecular weight excluding hydrogens is 242 g/mol. The highest BCUT2D eigenvalue weighted by Gasteiger charge is 2.27. The van der Waals surface area contributed by atoms with Crippen LogP contribution in [0.3, 0.4) is 0 Å². The molecule has 0 spiro atoms. The minimum Gasteiger partial charge on any atom is -0.271 e. The van der Waals surface area contributed by atoms with E-state index in [1.165, 1.54) is 28.9 Å². The van der Waals surface area contributed by atoms with Crippen LogP contribution in [-0.2, 0) is 0 Å². The van der Waals surface area contributed by atoms with Gasteiger partial charge in [-0.05, 0) is 35.5 Å². The molecule has 18 heavy (non-hydrogen) atoms. The summed E-state index contributed by atoms with van der Waals surface area (Å²) in [4.78, 5) is 4.52. The molecule has 4 heteroatoms. The van der Waals surface area contributed by atoms with Gasteiger partial charge in [0.2, 0.25) is 0 Å². The number of nitrogens with zero attached hydrogens (tertiary/aromatic N) is 1. The van der Waals surface area contributed by atoms with Gasteiger partial charge in [-0.2, -0.15) is 11.8 Å². The first kappa shape index (κ1) is 12.0. The molecule has 2 atom stereocenters. The van der Waals surface area contributed by atoms with E-state index < -0.39 is 0 Å². The van der Waals surface area contributed by atoms with Crippen molar-refractivity contribution in [3.05, 3.63) is 42.1 Å². The number of rotatable bonds is 3. The monoisotopic (exact) mass is 259 g/mol. The number of para-hydroxylation sites is 1. The maximum absolute atomic E-state index is 5.79. The van der Waals surface area contributed by atoms with Crippen LogP contribution in [0.2, 0.25) is 0 Å². The summed E-state index contributed by atoms with van der Waals surface area (Å²) in [6, 6.07) is 10.6. The average Bonchev–Trinajstić information content (AvgIpc) is 2.94. The second kappa shape index (κ2) is 5.26. The van der Waals surface area contributed by atoms with Crippen molar-refractivity contribution in [1.82, 2.24) is 10.4 Å². The Morgan fingerprint density at radius 3 is 3.00 bits per heavy atom. The molecule has 0 amide bonds. The van der Waals surface area contributed by atoms with E-state index in [2.05, 4.69) is 34.7 Å². The standard InChI is InChI=1S/C14H17N3S/c15-17-14(11-6-8-18-9-11)12-5-1-3-10-4-2-7-16-13(10)12/h1-5,7,11,14,17H,6,8-9,15H2. The molecule has 3 rings (SSSR count). The number of benzene rings is 1. The molecule has 1 aromatic heterocycles. The number of pyridine rings is 1. The lowest BCUT2D eigenvalue weighted by Gasteiger charge is -2.23. The zero-order valence-corrected chi connectivity index (χ0v) is 11.0. The van der Waals surface area contributed by atoms with E-state index in [1.807, 2.05) is 24.0 Å². The highest BCUT2D eigenvalue weighted by atomic mass is 32.2. The second-order valence-electron chi connectivity index (χ2n) is 4.69. The van der Waals surface area contributed by atoms with Gasteiger partial charge >= 0.3 is 0 Å². The quantitative estimate of drug-likeness (QED) is 0.657. The first-order valence-electron chi connectivity index (χ1n) is 6.27. The maximum atomic E-state index is 5.79. The van der Waals surface area contributed by atoms with Gasteiger partial charge in [0.15, 0.2) is 0 Å². The number of nitrogens with one attached hydrogen (secondary N) is 1. The predicted molar refractivity (Wildman–Crippen MR) is 77.2 cm³/mol. The summed E-state index contributed by atoms with van der Waals surface area (Å²) >= 11 is 2.01. The first-order chi connectivity index (χ1) is 8.90. The Hall–Kier alpha value is -1.10. The van der Waals surface area contributed by atoms with Crippen molar-refractivity contribution >= 4 is 22.7 Å². The largest absolute Gasteiger partial charge is 0.271 e. The normalized spacial score (nSPS) is 21.3. The summed E-state index contributed by atoms with van der Waals surface area (Å²) in [5.74, 6) is 8.81. The molecule has 2 heterocycles. The molecule has 1 aliphatic rings.